The molecule has 1 aliphatic heterocycles. The van der Waals surface area contributed by atoms with Gasteiger partial charge in [-0.3, -0.25) is 9.00 Å². The van der Waals surface area contributed by atoms with Gasteiger partial charge in [-0.25, -0.2) is 19.3 Å². The Hall–Kier alpha value is -3.83. The maximum atomic E-state index is 13.3. The van der Waals surface area contributed by atoms with Crippen LogP contribution in [-0.4, -0.2) is 52.8 Å². The number of pyridine rings is 1. The number of benzene rings is 1. The maximum absolute atomic E-state index is 13.3. The topological polar surface area (TPSA) is 110 Å². The fraction of sp³-hybridized carbons (Fsp3) is 0.333. The summed E-state index contributed by atoms with van der Waals surface area (Å²) >= 11 is 0. The van der Waals surface area contributed by atoms with Crippen LogP contribution in [0.15, 0.2) is 58.3 Å². The van der Waals surface area contributed by atoms with Crippen molar-refractivity contribution in [2.75, 3.05) is 24.7 Å². The van der Waals surface area contributed by atoms with Crippen LogP contribution in [0.5, 0.6) is 0 Å². The standard InChI is InChI=1S/C27H32N8O2S/c1-5-11-34-26(36)22-16-28-27(29-20-14-18(3)21-10-12-33(4)17-19(21)15-20)31-25(22)35(34)24-9-7-8-23(30-24)32-38(37)13-6-2/h5,7-9,14-16,38H,1,6,10-13,17H2,2-4H3,(H,28,29,31). The summed E-state index contributed by atoms with van der Waals surface area (Å²) in [7, 11) is 0.381. The Balaban J connectivity index is 1.59. The van der Waals surface area contributed by atoms with Gasteiger partial charge in [-0.15, -0.1) is 6.58 Å². The summed E-state index contributed by atoms with van der Waals surface area (Å²) in [6, 6.07) is 9.50. The van der Waals surface area contributed by atoms with Crippen LogP contribution in [0.2, 0.25) is 0 Å². The lowest BCUT2D eigenvalue weighted by molar-refractivity contribution is 0.312. The Morgan fingerprint density at radius 1 is 1.26 bits per heavy atom. The number of allylic oxidation sites excluding steroid dienone is 1. The highest BCUT2D eigenvalue weighted by Gasteiger charge is 2.19. The predicted octanol–water partition coefficient (Wildman–Crippen LogP) is 3.91. The summed E-state index contributed by atoms with van der Waals surface area (Å²) in [6.45, 7) is 10.1. The molecule has 1 aromatic carbocycles. The minimum atomic E-state index is -1.75. The van der Waals surface area contributed by atoms with Crippen molar-refractivity contribution in [3.63, 3.8) is 0 Å². The maximum Gasteiger partial charge on any atom is 0.278 e. The number of anilines is 2. The van der Waals surface area contributed by atoms with E-state index >= 15 is 0 Å². The van der Waals surface area contributed by atoms with Crippen LogP contribution in [0, 0.1) is 6.92 Å². The molecule has 1 atom stereocenters. The minimum Gasteiger partial charge on any atom is -0.324 e. The van der Waals surface area contributed by atoms with Crippen LogP contribution in [0.3, 0.4) is 0 Å². The lowest BCUT2D eigenvalue weighted by atomic mass is 9.94. The Morgan fingerprint density at radius 3 is 2.89 bits per heavy atom. The molecular weight excluding hydrogens is 500 g/mol. The summed E-state index contributed by atoms with van der Waals surface area (Å²) < 4.78 is 19.6. The van der Waals surface area contributed by atoms with Gasteiger partial charge in [-0.2, -0.15) is 9.35 Å². The van der Waals surface area contributed by atoms with E-state index in [-0.39, 0.29) is 12.1 Å². The van der Waals surface area contributed by atoms with Gasteiger partial charge in [0, 0.05) is 41.3 Å². The molecule has 11 heteroatoms. The van der Waals surface area contributed by atoms with E-state index < -0.39 is 10.6 Å². The van der Waals surface area contributed by atoms with E-state index in [2.05, 4.69) is 57.2 Å². The zero-order valence-electron chi connectivity index (χ0n) is 21.9. The van der Waals surface area contributed by atoms with Crippen molar-refractivity contribution >= 4 is 39.1 Å². The zero-order valence-corrected chi connectivity index (χ0v) is 22.8. The minimum absolute atomic E-state index is 0.250. The first-order chi connectivity index (χ1) is 18.4. The molecule has 1 aliphatic rings. The number of fused-ring (bicyclic) bond motifs is 2. The molecule has 1 unspecified atom stereocenters. The fourth-order valence-corrected chi connectivity index (χ4v) is 5.64. The largest absolute Gasteiger partial charge is 0.324 e. The number of nitrogens with one attached hydrogen (secondary N) is 1. The van der Waals surface area contributed by atoms with Gasteiger partial charge in [-0.1, -0.05) is 19.1 Å². The van der Waals surface area contributed by atoms with E-state index in [4.69, 9.17) is 4.98 Å². The molecule has 1 N–H and O–H groups in total. The Morgan fingerprint density at radius 2 is 2.11 bits per heavy atom. The van der Waals surface area contributed by atoms with Crippen molar-refractivity contribution < 1.29 is 4.21 Å². The van der Waals surface area contributed by atoms with E-state index in [1.807, 2.05) is 6.92 Å². The van der Waals surface area contributed by atoms with E-state index in [1.165, 1.54) is 27.6 Å². The second kappa shape index (κ2) is 10.9. The molecular formula is C27H32N8O2S. The molecule has 0 bridgehead atoms. The van der Waals surface area contributed by atoms with Crippen molar-refractivity contribution in [2.24, 2.45) is 4.36 Å². The van der Waals surface area contributed by atoms with Gasteiger partial charge in [0.2, 0.25) is 5.95 Å². The van der Waals surface area contributed by atoms with E-state index in [9.17, 15) is 9.00 Å². The molecule has 5 rings (SSSR count). The van der Waals surface area contributed by atoms with Crippen LogP contribution < -0.4 is 10.9 Å². The van der Waals surface area contributed by atoms with E-state index in [0.717, 1.165) is 31.6 Å². The Labute approximate surface area is 223 Å². The summed E-state index contributed by atoms with van der Waals surface area (Å²) in [6.07, 6.45) is 4.98. The highest BCUT2D eigenvalue weighted by atomic mass is 32.2. The highest BCUT2D eigenvalue weighted by molar-refractivity contribution is 7.75. The summed E-state index contributed by atoms with van der Waals surface area (Å²) in [5.41, 5.74) is 4.99. The average Bonchev–Trinajstić information content (AvgIpc) is 3.15. The lowest BCUT2D eigenvalue weighted by Gasteiger charge is -2.27. The number of rotatable bonds is 8. The molecule has 10 nitrogen and oxygen atoms in total. The molecule has 198 valence electrons. The highest BCUT2D eigenvalue weighted by Crippen LogP contribution is 2.27. The number of likely N-dealkylation sites (N-methyl/N-ethyl adjacent to an activating group) is 1. The van der Waals surface area contributed by atoms with E-state index in [1.54, 1.807) is 29.0 Å². The molecule has 38 heavy (non-hydrogen) atoms. The normalized spacial score (nSPS) is 14.5. The SMILES string of the molecule is C=CCn1c(=O)c2cnc(Nc3cc(C)c4c(c3)CN(C)CC4)nc2n1-c1cccc(/N=[SH](=O)/CCC)n1. The lowest BCUT2D eigenvalue weighted by Crippen LogP contribution is -2.27. The molecule has 4 heterocycles. The third kappa shape index (κ3) is 5.11. The van der Waals surface area contributed by atoms with Gasteiger partial charge in [0.25, 0.3) is 5.56 Å². The van der Waals surface area contributed by atoms with Crippen LogP contribution in [0.1, 0.15) is 30.0 Å². The first-order valence-electron chi connectivity index (χ1n) is 12.7. The second-order valence-corrected chi connectivity index (χ2v) is 10.8. The Kier molecular flexibility index (Phi) is 7.39. The second-order valence-electron chi connectivity index (χ2n) is 9.49. The number of hydrogen-bond donors (Lipinski definition) is 2. The van der Waals surface area contributed by atoms with Gasteiger partial charge in [0.1, 0.15) is 5.39 Å². The van der Waals surface area contributed by atoms with Crippen molar-refractivity contribution in [2.45, 2.75) is 39.8 Å². The molecule has 0 fully saturated rings. The van der Waals surface area contributed by atoms with Gasteiger partial charge < -0.3 is 10.2 Å². The van der Waals surface area contributed by atoms with E-state index in [0.29, 0.717) is 34.4 Å². The van der Waals surface area contributed by atoms with Crippen molar-refractivity contribution in [3.8, 4) is 5.82 Å². The molecule has 3 aromatic heterocycles. The molecule has 0 saturated carbocycles. The molecule has 0 spiro atoms. The number of thiol groups is 1. The number of aryl methyl sites for hydroxylation is 1. The van der Waals surface area contributed by atoms with Crippen molar-refractivity contribution in [3.05, 3.63) is 76.2 Å². The van der Waals surface area contributed by atoms with Crippen LogP contribution in [0.25, 0.3) is 16.9 Å². The van der Waals surface area contributed by atoms with Crippen molar-refractivity contribution in [1.29, 1.82) is 0 Å². The molecule has 0 radical (unpaired) electrons. The number of aromatic nitrogens is 5. The van der Waals surface area contributed by atoms with Crippen LogP contribution in [-0.2, 0) is 30.1 Å². The number of nitrogens with zero attached hydrogens (tertiary/aromatic N) is 7. The summed E-state index contributed by atoms with van der Waals surface area (Å²) in [4.78, 5) is 29.3. The molecule has 0 saturated heterocycles. The summed E-state index contributed by atoms with van der Waals surface area (Å²) in [5, 5.41) is 3.69. The van der Waals surface area contributed by atoms with Gasteiger partial charge >= 0.3 is 0 Å². The number of hydrogen-bond acceptors (Lipinski definition) is 8. The summed E-state index contributed by atoms with van der Waals surface area (Å²) in [5.74, 6) is 1.66. The average molecular weight is 533 g/mol. The van der Waals surface area contributed by atoms with Gasteiger partial charge in [0.05, 0.1) is 6.54 Å². The first kappa shape index (κ1) is 25.8. The third-order valence-electron chi connectivity index (χ3n) is 6.55. The first-order valence-corrected chi connectivity index (χ1v) is 14.1. The van der Waals surface area contributed by atoms with Gasteiger partial charge in [0.15, 0.2) is 17.3 Å². The fourth-order valence-electron chi connectivity index (χ4n) is 4.81. The molecule has 0 amide bonds. The predicted molar refractivity (Wildman–Crippen MR) is 152 cm³/mol. The quantitative estimate of drug-likeness (QED) is 0.262. The van der Waals surface area contributed by atoms with Crippen LogP contribution >= 0.6 is 0 Å². The van der Waals surface area contributed by atoms with Crippen LogP contribution in [0.4, 0.5) is 17.5 Å². The Bertz CT molecular complexity index is 1670. The zero-order chi connectivity index (χ0) is 26.8. The molecule has 4 aromatic rings. The third-order valence-corrected chi connectivity index (χ3v) is 7.81. The van der Waals surface area contributed by atoms with Gasteiger partial charge in [-0.05, 0) is 67.8 Å². The monoisotopic (exact) mass is 532 g/mol. The molecule has 0 aliphatic carbocycles. The smallest absolute Gasteiger partial charge is 0.278 e. The van der Waals surface area contributed by atoms with Crippen molar-refractivity contribution in [1.82, 2.24) is 29.2 Å².